The number of alkyl halides is 1. The average Bonchev–Trinajstić information content (AvgIpc) is 1.62. The van der Waals surface area contributed by atoms with Crippen LogP contribution in [0.3, 0.4) is 0 Å². The highest BCUT2D eigenvalue weighted by molar-refractivity contribution is 7.86. The van der Waals surface area contributed by atoms with E-state index in [2.05, 4.69) is 0 Å². The Hall–Kier alpha value is -0.230. The van der Waals surface area contributed by atoms with Gasteiger partial charge in [0.1, 0.15) is 11.9 Å². The van der Waals surface area contributed by atoms with E-state index in [9.17, 15) is 12.8 Å². The molecule has 3 nitrogen and oxygen atoms in total. The zero-order valence-electron chi connectivity index (χ0n) is 4.74. The summed E-state index contributed by atoms with van der Waals surface area (Å²) < 4.78 is 39.1. The summed E-state index contributed by atoms with van der Waals surface area (Å²) in [5.41, 5.74) is 0. The van der Waals surface area contributed by atoms with Gasteiger partial charge < -0.3 is 0 Å². The van der Waals surface area contributed by atoms with Crippen LogP contribution in [-0.4, -0.2) is 24.9 Å². The lowest BCUT2D eigenvalue weighted by Gasteiger charge is -1.98. The van der Waals surface area contributed by atoms with E-state index >= 15 is 0 Å². The molecule has 1 N–H and O–H groups in total. The maximum atomic E-state index is 11.3. The fourth-order valence-electron chi connectivity index (χ4n) is 0.0796. The van der Waals surface area contributed by atoms with Crippen LogP contribution in [0, 0.1) is 0 Å². The zero-order valence-corrected chi connectivity index (χ0v) is 5.56. The standard InChI is InChI=1S/C3H7FO3S.FH/c1-3(2-4)8(5,6)7;/h3H,2H2,1H3,(H,5,6,7);1H. The minimum absolute atomic E-state index is 0. The molecule has 0 radical (unpaired) electrons. The van der Waals surface area contributed by atoms with E-state index in [1.165, 1.54) is 0 Å². The van der Waals surface area contributed by atoms with Gasteiger partial charge in [0.15, 0.2) is 0 Å². The van der Waals surface area contributed by atoms with Crippen molar-refractivity contribution in [2.75, 3.05) is 6.67 Å². The van der Waals surface area contributed by atoms with Crippen LogP contribution in [-0.2, 0) is 10.1 Å². The van der Waals surface area contributed by atoms with Crippen molar-refractivity contribution >= 4 is 10.1 Å². The molecule has 1 atom stereocenters. The monoisotopic (exact) mass is 162 g/mol. The van der Waals surface area contributed by atoms with E-state index in [-0.39, 0.29) is 4.70 Å². The summed E-state index contributed by atoms with van der Waals surface area (Å²) in [7, 11) is -4.13. The van der Waals surface area contributed by atoms with Gasteiger partial charge in [-0.3, -0.25) is 9.26 Å². The molecular formula is C3H8F2O3S. The summed E-state index contributed by atoms with van der Waals surface area (Å²) in [6.45, 7) is 0.0498. The molecule has 1 unspecified atom stereocenters. The highest BCUT2D eigenvalue weighted by Crippen LogP contribution is 1.95. The van der Waals surface area contributed by atoms with Crippen LogP contribution in [0.4, 0.5) is 9.09 Å². The van der Waals surface area contributed by atoms with Crippen molar-refractivity contribution in [1.29, 1.82) is 0 Å². The molecule has 0 bridgehead atoms. The lowest BCUT2D eigenvalue weighted by Crippen LogP contribution is -2.17. The molecule has 0 aliphatic rings. The summed E-state index contributed by atoms with van der Waals surface area (Å²) >= 11 is 0. The van der Waals surface area contributed by atoms with Crippen LogP contribution >= 0.6 is 0 Å². The van der Waals surface area contributed by atoms with Crippen molar-refractivity contribution in [2.45, 2.75) is 12.2 Å². The third kappa shape index (κ3) is 4.28. The molecule has 0 fully saturated rings. The predicted octanol–water partition coefficient (Wildman–Crippen LogP) is 0.385. The van der Waals surface area contributed by atoms with Gasteiger partial charge in [0, 0.05) is 0 Å². The molecule has 9 heavy (non-hydrogen) atoms. The number of hydrogen-bond donors (Lipinski definition) is 1. The van der Waals surface area contributed by atoms with Crippen molar-refractivity contribution in [3.63, 3.8) is 0 Å². The summed E-state index contributed by atoms with van der Waals surface area (Å²) in [6, 6.07) is 0. The summed E-state index contributed by atoms with van der Waals surface area (Å²) in [6.07, 6.45) is 0. The van der Waals surface area contributed by atoms with Gasteiger partial charge in [-0.05, 0) is 6.92 Å². The lowest BCUT2D eigenvalue weighted by molar-refractivity contribution is 0.430. The summed E-state index contributed by atoms with van der Waals surface area (Å²) in [5.74, 6) is 0. The molecule has 0 saturated carbocycles. The predicted molar refractivity (Wildman–Crippen MR) is 29.5 cm³/mol. The van der Waals surface area contributed by atoms with E-state index in [1.807, 2.05) is 0 Å². The van der Waals surface area contributed by atoms with Gasteiger partial charge in [0.25, 0.3) is 10.1 Å². The molecule has 0 spiro atoms. The quantitative estimate of drug-likeness (QED) is 0.597. The molecule has 0 aromatic heterocycles. The van der Waals surface area contributed by atoms with Crippen LogP contribution < -0.4 is 0 Å². The van der Waals surface area contributed by atoms with Gasteiger partial charge in [0.05, 0.1) is 0 Å². The maximum Gasteiger partial charge on any atom is 0.270 e. The second-order valence-electron chi connectivity index (χ2n) is 1.48. The van der Waals surface area contributed by atoms with Crippen molar-refractivity contribution in [1.82, 2.24) is 0 Å². The van der Waals surface area contributed by atoms with Gasteiger partial charge in [-0.25, -0.2) is 4.39 Å². The molecule has 0 rings (SSSR count). The van der Waals surface area contributed by atoms with Gasteiger partial charge in [0.2, 0.25) is 0 Å². The largest absolute Gasteiger partial charge is 0.285 e. The van der Waals surface area contributed by atoms with Crippen molar-refractivity contribution in [3.05, 3.63) is 0 Å². The zero-order chi connectivity index (χ0) is 6.78. The molecular weight excluding hydrogens is 154 g/mol. The first kappa shape index (κ1) is 11.6. The first-order valence-corrected chi connectivity index (χ1v) is 3.51. The Morgan fingerprint density at radius 2 is 2.00 bits per heavy atom. The van der Waals surface area contributed by atoms with Crippen molar-refractivity contribution in [3.8, 4) is 0 Å². The Labute approximate surface area is 52.0 Å². The highest BCUT2D eigenvalue weighted by atomic mass is 32.2. The molecule has 6 heteroatoms. The average molecular weight is 162 g/mol. The van der Waals surface area contributed by atoms with Gasteiger partial charge in [-0.2, -0.15) is 8.42 Å². The first-order chi connectivity index (χ1) is 3.48. The Kier molecular flexibility index (Phi) is 4.79. The topological polar surface area (TPSA) is 54.4 Å². The third-order valence-corrected chi connectivity index (χ3v) is 1.87. The van der Waals surface area contributed by atoms with Gasteiger partial charge in [-0.15, -0.1) is 0 Å². The minimum atomic E-state index is -4.13. The third-order valence-electron chi connectivity index (χ3n) is 0.726. The van der Waals surface area contributed by atoms with Crippen LogP contribution in [0.5, 0.6) is 0 Å². The smallest absolute Gasteiger partial charge is 0.270 e. The highest BCUT2D eigenvalue weighted by Gasteiger charge is 2.15. The Morgan fingerprint density at radius 3 is 2.00 bits per heavy atom. The number of rotatable bonds is 2. The van der Waals surface area contributed by atoms with Crippen molar-refractivity contribution < 1.29 is 22.1 Å². The van der Waals surface area contributed by atoms with Crippen LogP contribution in [0.15, 0.2) is 0 Å². The normalized spacial score (nSPS) is 14.1. The fraction of sp³-hybridized carbons (Fsp3) is 1.00. The minimum Gasteiger partial charge on any atom is -0.285 e. The maximum absolute atomic E-state index is 11.3. The van der Waals surface area contributed by atoms with Crippen molar-refractivity contribution in [2.24, 2.45) is 0 Å². The molecule has 0 heterocycles. The molecule has 0 amide bonds. The second kappa shape index (κ2) is 3.73. The molecule has 0 aliphatic carbocycles. The van der Waals surface area contributed by atoms with E-state index in [0.717, 1.165) is 6.92 Å². The van der Waals surface area contributed by atoms with Crippen LogP contribution in [0.1, 0.15) is 6.92 Å². The fourth-order valence-corrected chi connectivity index (χ4v) is 0.239. The SMILES string of the molecule is CC(CF)S(=O)(=O)O.F. The van der Waals surface area contributed by atoms with E-state index in [4.69, 9.17) is 4.55 Å². The van der Waals surface area contributed by atoms with E-state index < -0.39 is 22.0 Å². The Balaban J connectivity index is 0. The molecule has 58 valence electrons. The number of halogens is 2. The molecule has 0 saturated heterocycles. The second-order valence-corrected chi connectivity index (χ2v) is 3.31. The lowest BCUT2D eigenvalue weighted by atomic mass is 10.5. The van der Waals surface area contributed by atoms with Crippen LogP contribution in [0.25, 0.3) is 0 Å². The Bertz CT molecular complexity index is 152. The van der Waals surface area contributed by atoms with Crippen LogP contribution in [0.2, 0.25) is 0 Å². The van der Waals surface area contributed by atoms with Gasteiger partial charge >= 0.3 is 0 Å². The molecule has 0 aromatic rings. The van der Waals surface area contributed by atoms with E-state index in [1.54, 1.807) is 0 Å². The summed E-state index contributed by atoms with van der Waals surface area (Å²) in [5, 5.41) is -1.29. The first-order valence-electron chi connectivity index (χ1n) is 2.00. The molecule has 0 aromatic carbocycles. The molecule has 0 aliphatic heterocycles. The van der Waals surface area contributed by atoms with E-state index in [0.29, 0.717) is 0 Å². The Morgan fingerprint density at radius 1 is 1.67 bits per heavy atom. The summed E-state index contributed by atoms with van der Waals surface area (Å²) in [4.78, 5) is 0. The number of hydrogen-bond acceptors (Lipinski definition) is 2. The van der Waals surface area contributed by atoms with Gasteiger partial charge in [-0.1, -0.05) is 0 Å².